The Kier molecular flexibility index (Phi) is 7.53. The maximum atomic E-state index is 11.0. The number of allylic oxidation sites excluding steroid dienone is 1. The van der Waals surface area contributed by atoms with Gasteiger partial charge in [0.2, 0.25) is 5.91 Å². The molecule has 0 unspecified atom stereocenters. The smallest absolute Gasteiger partial charge is 0.245 e. The average Bonchev–Trinajstić information content (AvgIpc) is 2.73. The van der Waals surface area contributed by atoms with Crippen molar-refractivity contribution in [3.05, 3.63) is 41.5 Å². The normalized spacial score (nSPS) is 10.4. The number of benzene rings is 1. The summed E-state index contributed by atoms with van der Waals surface area (Å²) in [7, 11) is 0. The molecule has 1 aliphatic rings. The third-order valence-electron chi connectivity index (χ3n) is 1.93. The number of carbonyl (C=O) groups is 2. The first-order valence-electron chi connectivity index (χ1n) is 5.92. The SMILES string of the molecule is CC.CC(=O)N=C(N)N.O=C1C=Cc2ccccc21. The molecule has 1 aromatic rings. The zero-order chi connectivity index (χ0) is 14.8. The van der Waals surface area contributed by atoms with Gasteiger partial charge in [0.15, 0.2) is 11.7 Å². The van der Waals surface area contributed by atoms with Crippen molar-refractivity contribution in [3.63, 3.8) is 0 Å². The van der Waals surface area contributed by atoms with Crippen molar-refractivity contribution in [2.75, 3.05) is 0 Å². The minimum absolute atomic E-state index is 0.121. The lowest BCUT2D eigenvalue weighted by Gasteiger charge is -1.92. The van der Waals surface area contributed by atoms with Gasteiger partial charge < -0.3 is 11.5 Å². The predicted octanol–water partition coefficient (Wildman–Crippen LogP) is 1.73. The minimum Gasteiger partial charge on any atom is -0.370 e. The van der Waals surface area contributed by atoms with Gasteiger partial charge in [0.05, 0.1) is 0 Å². The van der Waals surface area contributed by atoms with Gasteiger partial charge in [-0.05, 0) is 11.6 Å². The third-order valence-corrected chi connectivity index (χ3v) is 1.93. The lowest BCUT2D eigenvalue weighted by Crippen LogP contribution is -2.23. The Morgan fingerprint density at radius 2 is 1.68 bits per heavy atom. The van der Waals surface area contributed by atoms with E-state index in [1.54, 1.807) is 6.08 Å². The van der Waals surface area contributed by atoms with Crippen LogP contribution in [0.25, 0.3) is 6.08 Å². The van der Waals surface area contributed by atoms with Crippen molar-refractivity contribution in [1.82, 2.24) is 0 Å². The van der Waals surface area contributed by atoms with Crippen LogP contribution >= 0.6 is 0 Å². The van der Waals surface area contributed by atoms with Crippen LogP contribution in [0, 0.1) is 0 Å². The van der Waals surface area contributed by atoms with E-state index in [0.717, 1.165) is 11.1 Å². The number of nitrogens with two attached hydrogens (primary N) is 2. The number of amides is 1. The first-order valence-corrected chi connectivity index (χ1v) is 5.92. The summed E-state index contributed by atoms with van der Waals surface area (Å²) in [5.74, 6) is -0.442. The van der Waals surface area contributed by atoms with Crippen molar-refractivity contribution in [2.45, 2.75) is 20.8 Å². The number of hydrogen-bond donors (Lipinski definition) is 2. The summed E-state index contributed by atoms with van der Waals surface area (Å²) < 4.78 is 0. The highest BCUT2D eigenvalue weighted by molar-refractivity contribution is 6.13. The van der Waals surface area contributed by atoms with Crippen molar-refractivity contribution in [1.29, 1.82) is 0 Å². The molecule has 0 radical (unpaired) electrons. The number of rotatable bonds is 0. The maximum absolute atomic E-state index is 11.0. The second-order valence-corrected chi connectivity index (χ2v) is 3.34. The molecule has 0 saturated heterocycles. The van der Waals surface area contributed by atoms with Crippen LogP contribution in [-0.4, -0.2) is 17.6 Å². The van der Waals surface area contributed by atoms with Crippen molar-refractivity contribution in [2.24, 2.45) is 16.5 Å². The van der Waals surface area contributed by atoms with Crippen molar-refractivity contribution >= 4 is 23.7 Å². The number of carbonyl (C=O) groups excluding carboxylic acids is 2. The van der Waals surface area contributed by atoms with E-state index in [4.69, 9.17) is 11.5 Å². The first-order chi connectivity index (χ1) is 9.00. The Morgan fingerprint density at radius 3 is 2.11 bits per heavy atom. The second-order valence-electron chi connectivity index (χ2n) is 3.34. The van der Waals surface area contributed by atoms with Gasteiger partial charge in [0, 0.05) is 12.5 Å². The molecule has 19 heavy (non-hydrogen) atoms. The molecule has 1 amide bonds. The Labute approximate surface area is 113 Å². The lowest BCUT2D eigenvalue weighted by molar-refractivity contribution is -0.115. The van der Waals surface area contributed by atoms with Crippen LogP contribution in [0.4, 0.5) is 0 Å². The Bertz CT molecular complexity index is 501. The van der Waals surface area contributed by atoms with Crippen LogP contribution < -0.4 is 11.5 Å². The van der Waals surface area contributed by atoms with E-state index in [2.05, 4.69) is 4.99 Å². The van der Waals surface area contributed by atoms with Gasteiger partial charge >= 0.3 is 0 Å². The largest absolute Gasteiger partial charge is 0.370 e. The Hall–Kier alpha value is -2.43. The highest BCUT2D eigenvalue weighted by atomic mass is 16.1. The molecule has 2 rings (SSSR count). The number of ketones is 1. The van der Waals surface area contributed by atoms with E-state index < -0.39 is 0 Å². The zero-order valence-electron chi connectivity index (χ0n) is 11.4. The van der Waals surface area contributed by atoms with Crippen LogP contribution in [0.1, 0.15) is 36.7 Å². The standard InChI is InChI=1S/C9H6O.C3H7N3O.C2H6/c10-9-6-5-7-3-1-2-4-8(7)9;1-2(7)6-3(4)5;1-2/h1-6H;1H3,(H4,4,5,6,7);1-2H3. The van der Waals surface area contributed by atoms with Crippen molar-refractivity contribution < 1.29 is 9.59 Å². The van der Waals surface area contributed by atoms with E-state index in [1.165, 1.54) is 6.92 Å². The fraction of sp³-hybridized carbons (Fsp3) is 0.214. The molecule has 0 heterocycles. The molecule has 1 aromatic carbocycles. The minimum atomic E-state index is -0.375. The summed E-state index contributed by atoms with van der Waals surface area (Å²) in [6.45, 7) is 5.28. The number of hydrogen-bond acceptors (Lipinski definition) is 2. The monoisotopic (exact) mass is 261 g/mol. The Morgan fingerprint density at radius 1 is 1.11 bits per heavy atom. The van der Waals surface area contributed by atoms with Gasteiger partial charge in [0.1, 0.15) is 0 Å². The van der Waals surface area contributed by atoms with Crippen LogP contribution in [0.5, 0.6) is 0 Å². The van der Waals surface area contributed by atoms with Gasteiger partial charge in [-0.15, -0.1) is 0 Å². The number of guanidine groups is 1. The predicted molar refractivity (Wildman–Crippen MR) is 77.6 cm³/mol. The molecule has 0 spiro atoms. The molecule has 5 heteroatoms. The van der Waals surface area contributed by atoms with Crippen molar-refractivity contribution in [3.8, 4) is 0 Å². The molecule has 0 atom stereocenters. The summed E-state index contributed by atoms with van der Waals surface area (Å²) >= 11 is 0. The summed E-state index contributed by atoms with van der Waals surface area (Å²) in [4.78, 5) is 24.0. The van der Waals surface area contributed by atoms with Gasteiger partial charge in [-0.3, -0.25) is 9.59 Å². The highest BCUT2D eigenvalue weighted by Crippen LogP contribution is 2.17. The molecule has 0 fully saturated rings. The maximum Gasteiger partial charge on any atom is 0.245 e. The number of nitrogens with zero attached hydrogens (tertiary/aromatic N) is 1. The summed E-state index contributed by atoms with van der Waals surface area (Å²) in [6.07, 6.45) is 3.45. The molecule has 0 aliphatic heterocycles. The fourth-order valence-electron chi connectivity index (χ4n) is 1.30. The first kappa shape index (κ1) is 16.6. The molecule has 1 aliphatic carbocycles. The topological polar surface area (TPSA) is 98.5 Å². The van der Waals surface area contributed by atoms with E-state index in [1.807, 2.05) is 44.2 Å². The summed E-state index contributed by atoms with van der Waals surface area (Å²) in [5.41, 5.74) is 11.5. The zero-order valence-corrected chi connectivity index (χ0v) is 11.4. The third kappa shape index (κ3) is 6.16. The van der Waals surface area contributed by atoms with E-state index >= 15 is 0 Å². The number of aliphatic imine (C=N–C) groups is 1. The van der Waals surface area contributed by atoms with E-state index in [-0.39, 0.29) is 17.6 Å². The van der Waals surface area contributed by atoms with Crippen LogP contribution in [0.3, 0.4) is 0 Å². The van der Waals surface area contributed by atoms with E-state index in [9.17, 15) is 9.59 Å². The summed E-state index contributed by atoms with van der Waals surface area (Å²) in [6, 6.07) is 7.60. The Balaban J connectivity index is 0.000000321. The average molecular weight is 261 g/mol. The fourth-order valence-corrected chi connectivity index (χ4v) is 1.30. The summed E-state index contributed by atoms with van der Waals surface area (Å²) in [5, 5.41) is 0. The van der Waals surface area contributed by atoms with Crippen LogP contribution in [-0.2, 0) is 4.79 Å². The lowest BCUT2D eigenvalue weighted by atomic mass is 10.1. The highest BCUT2D eigenvalue weighted by Gasteiger charge is 2.10. The molecule has 0 aromatic heterocycles. The second kappa shape index (κ2) is 8.63. The van der Waals surface area contributed by atoms with Gasteiger partial charge in [-0.1, -0.05) is 44.2 Å². The van der Waals surface area contributed by atoms with Gasteiger partial charge in [0.25, 0.3) is 0 Å². The van der Waals surface area contributed by atoms with Gasteiger partial charge in [-0.2, -0.15) is 4.99 Å². The quantitative estimate of drug-likeness (QED) is 0.548. The molecule has 4 N–H and O–H groups in total. The van der Waals surface area contributed by atoms with Crippen LogP contribution in [0.15, 0.2) is 35.3 Å². The molecule has 0 bridgehead atoms. The van der Waals surface area contributed by atoms with Crippen LogP contribution in [0.2, 0.25) is 0 Å². The molecule has 0 saturated carbocycles. The number of fused-ring (bicyclic) bond motifs is 1. The molecular formula is C14H19N3O2. The van der Waals surface area contributed by atoms with E-state index in [0.29, 0.717) is 0 Å². The van der Waals surface area contributed by atoms with Gasteiger partial charge in [-0.25, -0.2) is 0 Å². The molecule has 102 valence electrons. The molecular weight excluding hydrogens is 242 g/mol. The molecule has 5 nitrogen and oxygen atoms in total.